The molecule has 0 bridgehead atoms. The van der Waals surface area contributed by atoms with Gasteiger partial charge >= 0.3 is 5.97 Å². The molecular formula is C17H12ClN3O3. The van der Waals surface area contributed by atoms with Gasteiger partial charge in [-0.3, -0.25) is 0 Å². The number of fused-ring (bicyclic) bond motifs is 1. The number of carbonyl (C=O) groups is 1. The van der Waals surface area contributed by atoms with Gasteiger partial charge in [-0.1, -0.05) is 11.6 Å². The van der Waals surface area contributed by atoms with Crippen molar-refractivity contribution in [2.45, 2.75) is 6.61 Å². The maximum Gasteiger partial charge on any atom is 0.344 e. The third kappa shape index (κ3) is 3.83. The molecule has 6 nitrogen and oxygen atoms in total. The lowest BCUT2D eigenvalue weighted by Crippen LogP contribution is -2.14. The van der Waals surface area contributed by atoms with Gasteiger partial charge in [0.1, 0.15) is 18.0 Å². The van der Waals surface area contributed by atoms with Crippen molar-refractivity contribution >= 4 is 23.2 Å². The third-order valence-corrected chi connectivity index (χ3v) is 3.41. The molecule has 1 aromatic carbocycles. The van der Waals surface area contributed by atoms with E-state index in [0.29, 0.717) is 22.0 Å². The molecule has 0 aliphatic carbocycles. The molecule has 0 atom stereocenters. The lowest BCUT2D eigenvalue weighted by Gasteiger charge is -2.06. The van der Waals surface area contributed by atoms with Gasteiger partial charge in [0.25, 0.3) is 0 Å². The quantitative estimate of drug-likeness (QED) is 0.667. The van der Waals surface area contributed by atoms with Crippen molar-refractivity contribution < 1.29 is 14.3 Å². The second kappa shape index (κ2) is 7.02. The minimum atomic E-state index is -0.505. The van der Waals surface area contributed by atoms with E-state index < -0.39 is 5.97 Å². The number of halogens is 1. The number of aromatic nitrogens is 2. The summed E-state index contributed by atoms with van der Waals surface area (Å²) in [6.45, 7) is -0.167. The van der Waals surface area contributed by atoms with E-state index in [0.717, 1.165) is 5.65 Å². The topological polar surface area (TPSA) is 76.6 Å². The van der Waals surface area contributed by atoms with Crippen LogP contribution in [0.2, 0.25) is 5.02 Å². The maximum absolute atomic E-state index is 11.7. The molecule has 0 saturated heterocycles. The number of nitriles is 1. The molecule has 0 spiro atoms. The summed E-state index contributed by atoms with van der Waals surface area (Å²) >= 11 is 5.91. The fraction of sp³-hybridized carbons (Fsp3) is 0.118. The van der Waals surface area contributed by atoms with Gasteiger partial charge in [-0.05, 0) is 36.4 Å². The molecule has 0 aliphatic heterocycles. The maximum atomic E-state index is 11.7. The van der Waals surface area contributed by atoms with E-state index in [1.54, 1.807) is 53.2 Å². The molecule has 0 unspecified atom stereocenters. The lowest BCUT2D eigenvalue weighted by molar-refractivity contribution is -0.147. The summed E-state index contributed by atoms with van der Waals surface area (Å²) in [5.74, 6) is -0.0113. The Bertz CT molecular complexity index is 913. The molecular weight excluding hydrogens is 330 g/mol. The number of rotatable bonds is 5. The molecule has 0 fully saturated rings. The first-order valence-corrected chi connectivity index (χ1v) is 7.43. The Balaban J connectivity index is 1.51. The Morgan fingerprint density at radius 3 is 2.75 bits per heavy atom. The first-order chi connectivity index (χ1) is 11.6. The van der Waals surface area contributed by atoms with Crippen molar-refractivity contribution in [1.82, 2.24) is 9.38 Å². The minimum Gasteiger partial charge on any atom is -0.482 e. The molecule has 0 amide bonds. The van der Waals surface area contributed by atoms with Crippen LogP contribution in [0, 0.1) is 11.3 Å². The molecule has 2 aromatic heterocycles. The molecule has 0 radical (unpaired) electrons. The lowest BCUT2D eigenvalue weighted by atomic mass is 10.2. The van der Waals surface area contributed by atoms with Gasteiger partial charge in [0.2, 0.25) is 0 Å². The van der Waals surface area contributed by atoms with Crippen LogP contribution in [0.3, 0.4) is 0 Å². The number of nitrogens with zero attached hydrogens (tertiary/aromatic N) is 3. The first kappa shape index (κ1) is 15.8. The summed E-state index contributed by atoms with van der Waals surface area (Å²) in [4.78, 5) is 16.0. The third-order valence-electron chi connectivity index (χ3n) is 3.19. The Morgan fingerprint density at radius 1 is 1.21 bits per heavy atom. The molecule has 3 rings (SSSR count). The first-order valence-electron chi connectivity index (χ1n) is 7.06. The molecule has 7 heteroatoms. The van der Waals surface area contributed by atoms with Crippen LogP contribution < -0.4 is 4.74 Å². The monoisotopic (exact) mass is 341 g/mol. The molecule has 120 valence electrons. The summed E-state index contributed by atoms with van der Waals surface area (Å²) in [7, 11) is 0. The second-order valence-electron chi connectivity index (χ2n) is 4.93. The van der Waals surface area contributed by atoms with Crippen molar-refractivity contribution in [1.29, 1.82) is 5.26 Å². The predicted octanol–water partition coefficient (Wildman–Crippen LogP) is 2.98. The number of imidazole rings is 1. The van der Waals surface area contributed by atoms with Crippen LogP contribution in [-0.4, -0.2) is 22.0 Å². The predicted molar refractivity (Wildman–Crippen MR) is 86.7 cm³/mol. The van der Waals surface area contributed by atoms with Crippen molar-refractivity contribution in [2.75, 3.05) is 6.61 Å². The summed E-state index contributed by atoms with van der Waals surface area (Å²) in [6, 6.07) is 12.0. The van der Waals surface area contributed by atoms with Crippen LogP contribution in [-0.2, 0) is 16.1 Å². The van der Waals surface area contributed by atoms with Crippen LogP contribution in [0.15, 0.2) is 48.8 Å². The van der Waals surface area contributed by atoms with Crippen molar-refractivity contribution in [3.05, 3.63) is 65.1 Å². The summed E-state index contributed by atoms with van der Waals surface area (Å²) in [5.41, 5.74) is 1.86. The molecule has 2 heterocycles. The van der Waals surface area contributed by atoms with Gasteiger partial charge in [-0.15, -0.1) is 0 Å². The van der Waals surface area contributed by atoms with Gasteiger partial charge in [-0.25, -0.2) is 9.78 Å². The Morgan fingerprint density at radius 2 is 2.00 bits per heavy atom. The van der Waals surface area contributed by atoms with Crippen molar-refractivity contribution in [3.63, 3.8) is 0 Å². The highest BCUT2D eigenvalue weighted by atomic mass is 35.5. The highest BCUT2D eigenvalue weighted by molar-refractivity contribution is 6.30. The zero-order valence-corrected chi connectivity index (χ0v) is 13.2. The van der Waals surface area contributed by atoms with Gasteiger partial charge in [-0.2, -0.15) is 5.26 Å². The van der Waals surface area contributed by atoms with Crippen LogP contribution in [0.25, 0.3) is 5.65 Å². The fourth-order valence-corrected chi connectivity index (χ4v) is 2.22. The smallest absolute Gasteiger partial charge is 0.344 e. The normalized spacial score (nSPS) is 10.3. The Kier molecular flexibility index (Phi) is 4.64. The number of esters is 1. The molecule has 0 saturated carbocycles. The molecule has 3 aromatic rings. The van der Waals surface area contributed by atoms with E-state index in [1.165, 1.54) is 0 Å². The summed E-state index contributed by atoms with van der Waals surface area (Å²) < 4.78 is 12.2. The number of benzene rings is 1. The van der Waals surface area contributed by atoms with Gasteiger partial charge < -0.3 is 13.9 Å². The van der Waals surface area contributed by atoms with Crippen molar-refractivity contribution in [3.8, 4) is 11.8 Å². The zero-order valence-electron chi connectivity index (χ0n) is 12.5. The van der Waals surface area contributed by atoms with E-state index in [9.17, 15) is 4.79 Å². The van der Waals surface area contributed by atoms with E-state index in [2.05, 4.69) is 4.98 Å². The Hall–Kier alpha value is -3.04. The summed E-state index contributed by atoms with van der Waals surface area (Å²) in [6.07, 6.45) is 3.47. The van der Waals surface area contributed by atoms with Crippen LogP contribution in [0.5, 0.6) is 5.75 Å². The van der Waals surface area contributed by atoms with Crippen LogP contribution >= 0.6 is 11.6 Å². The SMILES string of the molecule is N#Cc1ccc(OCC(=O)OCc2cn3cc(Cl)ccc3n2)cc1. The van der Waals surface area contributed by atoms with Gasteiger partial charge in [0.15, 0.2) is 6.61 Å². The molecule has 0 N–H and O–H groups in total. The average molecular weight is 342 g/mol. The zero-order chi connectivity index (χ0) is 16.9. The highest BCUT2D eigenvalue weighted by Gasteiger charge is 2.08. The molecule has 0 aliphatic rings. The number of hydrogen-bond donors (Lipinski definition) is 0. The second-order valence-corrected chi connectivity index (χ2v) is 5.37. The van der Waals surface area contributed by atoms with Crippen LogP contribution in [0.4, 0.5) is 0 Å². The number of hydrogen-bond acceptors (Lipinski definition) is 5. The van der Waals surface area contributed by atoms with Crippen molar-refractivity contribution in [2.24, 2.45) is 0 Å². The van der Waals surface area contributed by atoms with E-state index in [1.807, 2.05) is 6.07 Å². The summed E-state index contributed by atoms with van der Waals surface area (Å²) in [5, 5.41) is 9.31. The Labute approximate surface area is 142 Å². The standard InChI is InChI=1S/C17H12ClN3O3/c18-13-3-6-16-20-14(9-21(16)8-13)10-24-17(22)11-23-15-4-1-12(7-19)2-5-15/h1-6,8-9H,10-11H2. The van der Waals surface area contributed by atoms with E-state index in [4.69, 9.17) is 26.3 Å². The molecule has 24 heavy (non-hydrogen) atoms. The minimum absolute atomic E-state index is 0.0505. The van der Waals surface area contributed by atoms with E-state index in [-0.39, 0.29) is 13.2 Å². The van der Waals surface area contributed by atoms with Gasteiger partial charge in [0, 0.05) is 12.4 Å². The largest absolute Gasteiger partial charge is 0.482 e. The van der Waals surface area contributed by atoms with Crippen LogP contribution in [0.1, 0.15) is 11.3 Å². The van der Waals surface area contributed by atoms with Gasteiger partial charge in [0.05, 0.1) is 22.3 Å². The number of ether oxygens (including phenoxy) is 2. The number of pyridine rings is 1. The number of carbonyl (C=O) groups excluding carboxylic acids is 1. The van der Waals surface area contributed by atoms with E-state index >= 15 is 0 Å². The highest BCUT2D eigenvalue weighted by Crippen LogP contribution is 2.13. The average Bonchev–Trinajstić information content (AvgIpc) is 3.00. The fourth-order valence-electron chi connectivity index (χ4n) is 2.05.